The van der Waals surface area contributed by atoms with E-state index in [9.17, 15) is 4.79 Å². The SMILES string of the molecule is N#Cc1cccc(CN2CCc3cc(C(=O)O)ccc32)c1. The van der Waals surface area contributed by atoms with Crippen molar-refractivity contribution in [3.05, 3.63) is 64.7 Å². The van der Waals surface area contributed by atoms with Gasteiger partial charge in [-0.2, -0.15) is 5.26 Å². The number of hydrogen-bond acceptors (Lipinski definition) is 3. The third-order valence-corrected chi connectivity index (χ3v) is 3.75. The molecule has 0 saturated heterocycles. The minimum absolute atomic E-state index is 0.335. The third-order valence-electron chi connectivity index (χ3n) is 3.75. The summed E-state index contributed by atoms with van der Waals surface area (Å²) in [6, 6.07) is 15.0. The third kappa shape index (κ3) is 2.59. The van der Waals surface area contributed by atoms with Crippen LogP contribution in [0.1, 0.15) is 27.0 Å². The lowest BCUT2D eigenvalue weighted by molar-refractivity contribution is 0.0697. The number of nitrogens with zero attached hydrogens (tertiary/aromatic N) is 2. The molecule has 1 aliphatic rings. The molecule has 0 saturated carbocycles. The first-order valence-electron chi connectivity index (χ1n) is 6.77. The number of carboxylic acid groups (broad SMARTS) is 1. The van der Waals surface area contributed by atoms with E-state index in [0.29, 0.717) is 11.1 Å². The van der Waals surface area contributed by atoms with Crippen LogP contribution in [0.4, 0.5) is 5.69 Å². The number of benzene rings is 2. The van der Waals surface area contributed by atoms with Crippen LogP contribution in [0, 0.1) is 11.3 Å². The summed E-state index contributed by atoms with van der Waals surface area (Å²) in [5.74, 6) is -0.891. The maximum Gasteiger partial charge on any atom is 0.335 e. The summed E-state index contributed by atoms with van der Waals surface area (Å²) in [7, 11) is 0. The van der Waals surface area contributed by atoms with Crippen molar-refractivity contribution < 1.29 is 9.90 Å². The van der Waals surface area contributed by atoms with Crippen molar-refractivity contribution >= 4 is 11.7 Å². The van der Waals surface area contributed by atoms with Crippen molar-refractivity contribution in [1.82, 2.24) is 0 Å². The standard InChI is InChI=1S/C17H14N2O2/c18-10-12-2-1-3-13(8-12)11-19-7-6-14-9-15(17(20)21)4-5-16(14)19/h1-5,8-9H,6-7,11H2,(H,20,21). The van der Waals surface area contributed by atoms with Gasteiger partial charge in [0.1, 0.15) is 0 Å². The van der Waals surface area contributed by atoms with Gasteiger partial charge < -0.3 is 10.0 Å². The van der Waals surface area contributed by atoms with Gasteiger partial charge >= 0.3 is 5.97 Å². The van der Waals surface area contributed by atoms with Crippen molar-refractivity contribution in [2.24, 2.45) is 0 Å². The van der Waals surface area contributed by atoms with E-state index in [4.69, 9.17) is 10.4 Å². The summed E-state index contributed by atoms with van der Waals surface area (Å²) in [6.45, 7) is 1.60. The maximum atomic E-state index is 11.0. The van der Waals surface area contributed by atoms with Crippen molar-refractivity contribution in [2.75, 3.05) is 11.4 Å². The second kappa shape index (κ2) is 5.29. The van der Waals surface area contributed by atoms with Crippen molar-refractivity contribution in [2.45, 2.75) is 13.0 Å². The smallest absolute Gasteiger partial charge is 0.335 e. The Bertz CT molecular complexity index is 747. The molecule has 0 unspecified atom stereocenters. The van der Waals surface area contributed by atoms with Crippen LogP contribution >= 0.6 is 0 Å². The number of carboxylic acids is 1. The van der Waals surface area contributed by atoms with Crippen LogP contribution in [0.2, 0.25) is 0 Å². The number of nitriles is 1. The molecule has 4 heteroatoms. The summed E-state index contributed by atoms with van der Waals surface area (Å²) < 4.78 is 0. The first-order chi connectivity index (χ1) is 10.2. The number of aromatic carboxylic acids is 1. The van der Waals surface area contributed by atoms with E-state index in [2.05, 4.69) is 11.0 Å². The molecule has 0 amide bonds. The molecule has 0 aliphatic carbocycles. The number of carbonyl (C=O) groups is 1. The number of fused-ring (bicyclic) bond motifs is 1. The Kier molecular flexibility index (Phi) is 3.33. The molecular formula is C17H14N2O2. The van der Waals surface area contributed by atoms with Gasteiger partial charge in [0.05, 0.1) is 17.2 Å². The largest absolute Gasteiger partial charge is 0.478 e. The van der Waals surface area contributed by atoms with Crippen molar-refractivity contribution in [1.29, 1.82) is 5.26 Å². The van der Waals surface area contributed by atoms with Crippen LogP contribution in [-0.2, 0) is 13.0 Å². The topological polar surface area (TPSA) is 64.3 Å². The molecule has 104 valence electrons. The Labute approximate surface area is 122 Å². The fourth-order valence-corrected chi connectivity index (χ4v) is 2.73. The van der Waals surface area contributed by atoms with Gasteiger partial charge in [-0.3, -0.25) is 0 Å². The normalized spacial score (nSPS) is 12.8. The molecule has 0 atom stereocenters. The Morgan fingerprint density at radius 2 is 2.14 bits per heavy atom. The molecule has 0 aromatic heterocycles. The minimum atomic E-state index is -0.891. The zero-order valence-corrected chi connectivity index (χ0v) is 11.4. The maximum absolute atomic E-state index is 11.0. The van der Waals surface area contributed by atoms with E-state index in [0.717, 1.165) is 36.3 Å². The molecule has 3 rings (SSSR count). The van der Waals surface area contributed by atoms with Crippen LogP contribution in [0.15, 0.2) is 42.5 Å². The Morgan fingerprint density at radius 1 is 1.29 bits per heavy atom. The first-order valence-corrected chi connectivity index (χ1v) is 6.77. The highest BCUT2D eigenvalue weighted by Gasteiger charge is 2.20. The van der Waals surface area contributed by atoms with E-state index in [1.165, 1.54) is 0 Å². The van der Waals surface area contributed by atoms with Gasteiger partial charge in [-0.05, 0) is 47.9 Å². The van der Waals surface area contributed by atoms with E-state index < -0.39 is 5.97 Å². The van der Waals surface area contributed by atoms with Crippen LogP contribution in [-0.4, -0.2) is 17.6 Å². The molecule has 0 spiro atoms. The van der Waals surface area contributed by atoms with Gasteiger partial charge in [0, 0.05) is 18.8 Å². The second-order valence-corrected chi connectivity index (χ2v) is 5.13. The quantitative estimate of drug-likeness (QED) is 0.937. The molecule has 0 radical (unpaired) electrons. The highest BCUT2D eigenvalue weighted by molar-refractivity contribution is 5.88. The first kappa shape index (κ1) is 13.2. The fraction of sp³-hybridized carbons (Fsp3) is 0.176. The lowest BCUT2D eigenvalue weighted by atomic mass is 10.1. The zero-order chi connectivity index (χ0) is 14.8. The zero-order valence-electron chi connectivity index (χ0n) is 11.4. The summed E-state index contributed by atoms with van der Waals surface area (Å²) in [4.78, 5) is 13.2. The Hall–Kier alpha value is -2.80. The van der Waals surface area contributed by atoms with Gasteiger partial charge in [-0.15, -0.1) is 0 Å². The van der Waals surface area contributed by atoms with Gasteiger partial charge in [-0.25, -0.2) is 4.79 Å². The summed E-state index contributed by atoms with van der Waals surface area (Å²) in [6.07, 6.45) is 0.856. The Balaban J connectivity index is 1.84. The molecule has 2 aromatic carbocycles. The molecule has 1 heterocycles. The molecule has 0 bridgehead atoms. The van der Waals surface area contributed by atoms with Crippen LogP contribution in [0.5, 0.6) is 0 Å². The Morgan fingerprint density at radius 3 is 2.90 bits per heavy atom. The average Bonchev–Trinajstić information content (AvgIpc) is 2.90. The van der Waals surface area contributed by atoms with Crippen molar-refractivity contribution in [3.8, 4) is 6.07 Å². The molecular weight excluding hydrogens is 264 g/mol. The second-order valence-electron chi connectivity index (χ2n) is 5.13. The molecule has 21 heavy (non-hydrogen) atoms. The molecule has 1 aliphatic heterocycles. The van der Waals surface area contributed by atoms with Crippen LogP contribution < -0.4 is 4.90 Å². The summed E-state index contributed by atoms with van der Waals surface area (Å²) in [5.41, 5.74) is 4.24. The van der Waals surface area contributed by atoms with Crippen LogP contribution in [0.3, 0.4) is 0 Å². The highest BCUT2D eigenvalue weighted by Crippen LogP contribution is 2.30. The van der Waals surface area contributed by atoms with E-state index in [1.54, 1.807) is 18.2 Å². The number of anilines is 1. The summed E-state index contributed by atoms with van der Waals surface area (Å²) >= 11 is 0. The molecule has 1 N–H and O–H groups in total. The summed E-state index contributed by atoms with van der Waals surface area (Å²) in [5, 5.41) is 18.0. The lowest BCUT2D eigenvalue weighted by Gasteiger charge is -2.19. The predicted octanol–water partition coefficient (Wildman–Crippen LogP) is 2.82. The fourth-order valence-electron chi connectivity index (χ4n) is 2.73. The van der Waals surface area contributed by atoms with Gasteiger partial charge in [-0.1, -0.05) is 12.1 Å². The van der Waals surface area contributed by atoms with E-state index >= 15 is 0 Å². The minimum Gasteiger partial charge on any atom is -0.478 e. The predicted molar refractivity (Wildman–Crippen MR) is 79.3 cm³/mol. The highest BCUT2D eigenvalue weighted by atomic mass is 16.4. The number of rotatable bonds is 3. The van der Waals surface area contributed by atoms with Crippen molar-refractivity contribution in [3.63, 3.8) is 0 Å². The number of hydrogen-bond donors (Lipinski definition) is 1. The monoisotopic (exact) mass is 278 g/mol. The lowest BCUT2D eigenvalue weighted by Crippen LogP contribution is -2.19. The molecule has 2 aromatic rings. The van der Waals surface area contributed by atoms with Crippen LogP contribution in [0.25, 0.3) is 0 Å². The van der Waals surface area contributed by atoms with E-state index in [-0.39, 0.29) is 0 Å². The van der Waals surface area contributed by atoms with Gasteiger partial charge in [0.2, 0.25) is 0 Å². The molecule has 4 nitrogen and oxygen atoms in total. The van der Waals surface area contributed by atoms with E-state index in [1.807, 2.05) is 24.3 Å². The molecule has 0 fully saturated rings. The van der Waals surface area contributed by atoms with Gasteiger partial charge in [0.15, 0.2) is 0 Å². The van der Waals surface area contributed by atoms with Gasteiger partial charge in [0.25, 0.3) is 0 Å². The average molecular weight is 278 g/mol.